The van der Waals surface area contributed by atoms with Crippen LogP contribution < -0.4 is 23.9 Å². The van der Waals surface area contributed by atoms with Gasteiger partial charge in [0.25, 0.3) is 0 Å². The van der Waals surface area contributed by atoms with Crippen molar-refractivity contribution >= 4 is 30.8 Å². The Hall–Kier alpha value is -2.12. The smallest absolute Gasteiger partial charge is 0.808 e. The molecule has 0 rings (SSSR count). The van der Waals surface area contributed by atoms with Crippen LogP contribution in [0.15, 0.2) is 0 Å². The van der Waals surface area contributed by atoms with Crippen LogP contribution in [0, 0.1) is 22.7 Å². The van der Waals surface area contributed by atoms with Gasteiger partial charge in [-0.3, -0.25) is 9.59 Å². The van der Waals surface area contributed by atoms with Crippen molar-refractivity contribution in [2.45, 2.75) is 0 Å². The summed E-state index contributed by atoms with van der Waals surface area (Å²) in [6.07, 6.45) is 0. The molecule has 0 aliphatic rings. The fourth-order valence-corrected chi connectivity index (χ4v) is 0.397. The molecule has 0 radical (unpaired) electrons. The summed E-state index contributed by atoms with van der Waals surface area (Å²) in [6, 6.07) is 1.69. The molecule has 17 heavy (non-hydrogen) atoms. The van der Waals surface area contributed by atoms with Crippen molar-refractivity contribution in [1.29, 1.82) is 10.5 Å². The van der Waals surface area contributed by atoms with Gasteiger partial charge in [-0.25, -0.2) is 9.59 Å². The monoisotopic (exact) mass is 230 g/mol. The average Bonchev–Trinajstić information content (AvgIpc) is 2.26. The first kappa shape index (κ1) is 17.3. The summed E-state index contributed by atoms with van der Waals surface area (Å²) >= 11 is 0. The van der Waals surface area contributed by atoms with Crippen LogP contribution in [-0.4, -0.2) is 30.8 Å². The third kappa shape index (κ3) is 6.13. The molecule has 11 heteroatoms. The molecule has 0 spiro atoms. The maximum absolute atomic E-state index is 10.6. The van der Waals surface area contributed by atoms with Crippen molar-refractivity contribution in [3.8, 4) is 12.1 Å². The number of carbonyl (C=O) groups excluding carboxylic acids is 4. The minimum Gasteiger partial charge on any atom is -0.808 e. The molecule has 0 amide bonds. The number of nitrogens with zero attached hydrogens (tertiary/aromatic N) is 2. The Labute approximate surface area is 106 Å². The van der Waals surface area contributed by atoms with E-state index in [1.54, 1.807) is 0 Å². The molecule has 0 aromatic heterocycles. The second kappa shape index (κ2) is 8.08. The van der Waals surface area contributed by atoms with Crippen LogP contribution in [0.1, 0.15) is 0 Å². The van der Waals surface area contributed by atoms with Gasteiger partial charge in [-0.15, -0.1) is 0 Å². The number of rotatable bonds is 4. The molecule has 0 aliphatic heterocycles. The second-order valence-electron chi connectivity index (χ2n) is 1.98. The molecule has 0 aliphatic carbocycles. The van der Waals surface area contributed by atoms with E-state index < -0.39 is 30.8 Å². The predicted octanol–water partition coefficient (Wildman–Crippen LogP) is -6.39. The average molecular weight is 230 g/mol. The van der Waals surface area contributed by atoms with Crippen LogP contribution in [-0.2, 0) is 28.5 Å². The Balaban J connectivity index is 0. The summed E-state index contributed by atoms with van der Waals surface area (Å²) < 4.78 is 7.19. The Kier molecular flexibility index (Phi) is 8.22. The van der Waals surface area contributed by atoms with Crippen LogP contribution >= 0.6 is 0 Å². The second-order valence-corrected chi connectivity index (χ2v) is 1.98. The number of hydrogen-bond acceptors (Lipinski definition) is 9. The Bertz CT molecular complexity index is 397. The van der Waals surface area contributed by atoms with E-state index in [1.165, 1.54) is 0 Å². The van der Waals surface area contributed by atoms with E-state index in [1.807, 2.05) is 0 Å². The van der Waals surface area contributed by atoms with Gasteiger partial charge >= 0.3 is 49.7 Å². The minimum atomic E-state index is -2.80. The summed E-state index contributed by atoms with van der Waals surface area (Å²) in [6.45, 7) is 0. The normalized spacial score (nSPS) is 7.47. The zero-order valence-electron chi connectivity index (χ0n) is 8.33. The molecule has 0 heterocycles. The molecule has 9 nitrogen and oxygen atoms in total. The number of carbonyl (C=O) groups is 4. The number of ketones is 2. The maximum Gasteiger partial charge on any atom is 1.00 e. The van der Waals surface area contributed by atoms with Gasteiger partial charge in [-0.05, 0) is 0 Å². The number of nitriles is 2. The van der Waals surface area contributed by atoms with Crippen LogP contribution in [0.5, 0.6) is 0 Å². The van der Waals surface area contributed by atoms with Gasteiger partial charge in [0.1, 0.15) is 0 Å². The van der Waals surface area contributed by atoms with E-state index in [0.29, 0.717) is 0 Å². The third-order valence-electron chi connectivity index (χ3n) is 0.980. The van der Waals surface area contributed by atoms with Crippen molar-refractivity contribution in [1.82, 2.24) is 0 Å². The fourth-order valence-electron chi connectivity index (χ4n) is 0.397. The van der Waals surface area contributed by atoms with E-state index in [9.17, 15) is 24.2 Å². The van der Waals surface area contributed by atoms with Crippen LogP contribution in [0.3, 0.4) is 0 Å². The standard InChI is InChI=1S/C6BN2O7.Li/c8-1-3(10)5(12)15-7(14)16-6(13)4(11)2-9;/q-1;+1. The first-order chi connectivity index (χ1) is 7.42. The molecular weight excluding hydrogens is 230 g/mol. The summed E-state index contributed by atoms with van der Waals surface area (Å²) in [4.78, 5) is 41.5. The molecule has 0 fully saturated rings. The minimum absolute atomic E-state index is 0. The topological polar surface area (TPSA) is 157 Å². The predicted molar refractivity (Wildman–Crippen MR) is 39.2 cm³/mol. The Morgan fingerprint density at radius 1 is 0.941 bits per heavy atom. The quantitative estimate of drug-likeness (QED) is 0.260. The van der Waals surface area contributed by atoms with Crippen LogP contribution in [0.2, 0.25) is 0 Å². The van der Waals surface area contributed by atoms with Crippen molar-refractivity contribution in [2.75, 3.05) is 0 Å². The van der Waals surface area contributed by atoms with Crippen LogP contribution in [0.25, 0.3) is 0 Å². The zero-order valence-corrected chi connectivity index (χ0v) is 8.33. The first-order valence-electron chi connectivity index (χ1n) is 3.38. The third-order valence-corrected chi connectivity index (χ3v) is 0.980. The zero-order chi connectivity index (χ0) is 12.7. The molecule has 0 bridgehead atoms. The van der Waals surface area contributed by atoms with Gasteiger partial charge in [0.05, 0.1) is 0 Å². The molecular formula is C6BLiN2O7. The molecule has 0 saturated carbocycles. The Morgan fingerprint density at radius 3 is 1.47 bits per heavy atom. The molecule has 0 atom stereocenters. The molecule has 0 aromatic rings. The van der Waals surface area contributed by atoms with E-state index in [-0.39, 0.29) is 18.9 Å². The maximum atomic E-state index is 10.6. The van der Waals surface area contributed by atoms with Crippen molar-refractivity contribution in [3.63, 3.8) is 0 Å². The van der Waals surface area contributed by atoms with Gasteiger partial charge < -0.3 is 14.3 Å². The molecule has 80 valence electrons. The SMILES string of the molecule is N#CC(=O)C(=O)OB([O-])OC(=O)C(=O)C#N.[Li+]. The largest absolute Gasteiger partial charge is 1.00 e. The van der Waals surface area contributed by atoms with Gasteiger partial charge in [-0.2, -0.15) is 10.5 Å². The van der Waals surface area contributed by atoms with E-state index >= 15 is 0 Å². The van der Waals surface area contributed by atoms with Gasteiger partial charge in [0, 0.05) is 0 Å². The first-order valence-corrected chi connectivity index (χ1v) is 3.38. The molecule has 0 saturated heterocycles. The van der Waals surface area contributed by atoms with Crippen molar-refractivity contribution < 1.29 is 52.4 Å². The van der Waals surface area contributed by atoms with E-state index in [0.717, 1.165) is 12.1 Å². The molecule has 0 unspecified atom stereocenters. The van der Waals surface area contributed by atoms with Crippen molar-refractivity contribution in [3.05, 3.63) is 0 Å². The number of hydrogen-bond donors (Lipinski definition) is 0. The van der Waals surface area contributed by atoms with E-state index in [4.69, 9.17) is 10.5 Å². The van der Waals surface area contributed by atoms with Crippen molar-refractivity contribution in [2.24, 2.45) is 0 Å². The molecule has 0 aromatic carbocycles. The Morgan fingerprint density at radius 2 is 1.24 bits per heavy atom. The van der Waals surface area contributed by atoms with Gasteiger partial charge in [0.15, 0.2) is 12.1 Å². The summed E-state index contributed by atoms with van der Waals surface area (Å²) in [7, 11) is -2.80. The summed E-state index contributed by atoms with van der Waals surface area (Å²) in [5.41, 5.74) is 0. The van der Waals surface area contributed by atoms with Gasteiger partial charge in [0.2, 0.25) is 0 Å². The molecule has 0 N–H and O–H groups in total. The van der Waals surface area contributed by atoms with Crippen LogP contribution in [0.4, 0.5) is 0 Å². The van der Waals surface area contributed by atoms with Gasteiger partial charge in [-0.1, -0.05) is 0 Å². The summed E-state index contributed by atoms with van der Waals surface area (Å²) in [5.74, 6) is -7.02. The summed E-state index contributed by atoms with van der Waals surface area (Å²) in [5, 5.41) is 26.4. The van der Waals surface area contributed by atoms with E-state index in [2.05, 4.69) is 9.31 Å². The number of Topliss-reactive ketones (excluding diaryl/α,β-unsaturated/α-hetero) is 2. The fraction of sp³-hybridized carbons (Fsp3) is 0.